The number of pyridine rings is 2. The Kier molecular flexibility index (Phi) is 16.8. The normalized spacial score (nSPS) is 16.1. The lowest BCUT2D eigenvalue weighted by molar-refractivity contribution is 0.00592. The topological polar surface area (TPSA) is 181 Å². The lowest BCUT2D eigenvalue weighted by Crippen LogP contribution is -2.43. The first kappa shape index (κ1) is 44.9. The Hall–Kier alpha value is -5.64. The molecule has 16 heteroatoms. The summed E-state index contributed by atoms with van der Waals surface area (Å²) >= 11 is 17.4. The van der Waals surface area contributed by atoms with Crippen LogP contribution >= 0.6 is 34.8 Å². The van der Waals surface area contributed by atoms with Crippen LogP contribution in [0.2, 0.25) is 15.3 Å². The molecule has 0 radical (unpaired) electrons. The Labute approximate surface area is 371 Å². The van der Waals surface area contributed by atoms with Crippen LogP contribution in [-0.2, 0) is 11.2 Å². The van der Waals surface area contributed by atoms with E-state index >= 15 is 0 Å². The van der Waals surface area contributed by atoms with Crippen molar-refractivity contribution in [3.05, 3.63) is 171 Å². The molecule has 12 nitrogen and oxygen atoms in total. The molecule has 2 unspecified atom stereocenters. The molecule has 61 heavy (non-hydrogen) atoms. The van der Waals surface area contributed by atoms with Crippen molar-refractivity contribution in [3.63, 3.8) is 0 Å². The fraction of sp³-hybridized carbons (Fsp3) is 0.289. The van der Waals surface area contributed by atoms with E-state index in [1.54, 1.807) is 55.0 Å². The number of hydrogen-bond donors (Lipinski definition) is 3. The van der Waals surface area contributed by atoms with Crippen molar-refractivity contribution in [2.45, 2.75) is 48.7 Å². The molecule has 0 amide bonds. The van der Waals surface area contributed by atoms with Gasteiger partial charge in [-0.1, -0.05) is 59.6 Å². The third kappa shape index (κ3) is 12.7. The Morgan fingerprint density at radius 1 is 0.639 bits per heavy atom. The van der Waals surface area contributed by atoms with Crippen molar-refractivity contribution in [2.24, 2.45) is 0 Å². The minimum Gasteiger partial charge on any atom is -0.385 e. The van der Waals surface area contributed by atoms with Gasteiger partial charge in [0.2, 0.25) is 11.2 Å². The maximum absolute atomic E-state index is 11.1. The number of anilines is 1. The average molecular weight is 883 g/mol. The number of nitrogens with zero attached hydrogens (tertiary/aromatic N) is 9. The second-order valence-corrected chi connectivity index (χ2v) is 15.2. The summed E-state index contributed by atoms with van der Waals surface area (Å²) in [6.45, 7) is 2.98. The van der Waals surface area contributed by atoms with Crippen LogP contribution in [0.25, 0.3) is 0 Å². The second-order valence-electron chi connectivity index (χ2n) is 14.0. The van der Waals surface area contributed by atoms with Crippen LogP contribution in [0.15, 0.2) is 122 Å². The second kappa shape index (κ2) is 22.8. The number of rotatable bonds is 7. The molecule has 2 saturated heterocycles. The molecule has 6 heterocycles. The molecule has 4 aromatic heterocycles. The first-order chi connectivity index (χ1) is 30.0. The maximum atomic E-state index is 11.1. The molecular formula is C45H44Cl3FN10O2. The summed E-state index contributed by atoms with van der Waals surface area (Å²) in [6, 6.07) is 33.6. The van der Waals surface area contributed by atoms with Gasteiger partial charge < -0.3 is 20.4 Å². The Balaban J connectivity index is 0.000000185. The summed E-state index contributed by atoms with van der Waals surface area (Å²) < 4.78 is 15.5. The molecule has 8 rings (SSSR count). The van der Waals surface area contributed by atoms with Gasteiger partial charge in [0.25, 0.3) is 0 Å². The Morgan fingerprint density at radius 2 is 1.10 bits per heavy atom. The molecule has 2 aromatic carbocycles. The van der Waals surface area contributed by atoms with Crippen molar-refractivity contribution in [1.82, 2.24) is 35.2 Å². The quantitative estimate of drug-likeness (QED) is 0.131. The molecule has 0 aliphatic carbocycles. The minimum atomic E-state index is -1.00. The highest BCUT2D eigenvalue weighted by Crippen LogP contribution is 2.35. The van der Waals surface area contributed by atoms with Gasteiger partial charge in [0.1, 0.15) is 11.8 Å². The number of piperidine rings is 2. The smallest absolute Gasteiger partial charge is 0.225 e. The van der Waals surface area contributed by atoms with Gasteiger partial charge in [-0.3, -0.25) is 14.4 Å². The van der Waals surface area contributed by atoms with Gasteiger partial charge in [-0.25, -0.2) is 19.9 Å². The SMILES string of the molecule is N#CC(c1ccccn1)c1ccnc(Cl)n1.N#CC(c1ccccn1)c1ccnc(N2CCC(O)(c3ccc(Cl)cc3)CC2)n1.OC1(c2ccc(Cl)cc2)CCNCC1.[2H]CF. The molecule has 314 valence electrons. The van der Waals surface area contributed by atoms with Crippen molar-refractivity contribution < 1.29 is 16.0 Å². The van der Waals surface area contributed by atoms with Gasteiger partial charge in [0.05, 0.1) is 54.6 Å². The van der Waals surface area contributed by atoms with Crippen LogP contribution in [0.5, 0.6) is 0 Å². The fourth-order valence-electron chi connectivity index (χ4n) is 6.86. The zero-order valence-electron chi connectivity index (χ0n) is 34.0. The number of halogens is 4. The maximum Gasteiger partial charge on any atom is 0.225 e. The standard InChI is InChI=1S/C22H20ClN5O.C11H7ClN4.C11H14ClNO.CH3F/c23-17-6-4-16(5-7-17)22(29)9-13-28(14-10-22)21-26-12-8-20(27-21)18(15-24)19-3-1-2-11-25-19;12-11-15-6-4-10(16-11)8(7-13)9-3-1-2-5-14-9;12-10-3-1-9(2-4-10)11(14)5-7-13-8-6-11;1-2/h1-8,11-12,18,29H,9-10,13-14H2;1-6,8H;1-4,13-14H,5-8H2;1H3/i;;;1D. The predicted molar refractivity (Wildman–Crippen MR) is 234 cm³/mol. The molecule has 2 fully saturated rings. The summed E-state index contributed by atoms with van der Waals surface area (Å²) in [5.74, 6) is -0.493. The van der Waals surface area contributed by atoms with E-state index in [0.717, 1.165) is 37.1 Å². The van der Waals surface area contributed by atoms with E-state index in [0.29, 0.717) is 64.7 Å². The largest absolute Gasteiger partial charge is 0.385 e. The molecule has 2 aliphatic rings. The zero-order chi connectivity index (χ0) is 44.4. The number of aliphatic hydroxyl groups is 2. The van der Waals surface area contributed by atoms with Gasteiger partial charge in [-0.2, -0.15) is 10.5 Å². The highest BCUT2D eigenvalue weighted by molar-refractivity contribution is 6.30. The van der Waals surface area contributed by atoms with Crippen molar-refractivity contribution in [1.29, 1.82) is 10.5 Å². The van der Waals surface area contributed by atoms with Crippen LogP contribution in [0.3, 0.4) is 0 Å². The van der Waals surface area contributed by atoms with Crippen molar-refractivity contribution >= 4 is 40.8 Å². The van der Waals surface area contributed by atoms with Gasteiger partial charge in [-0.05, 0) is 122 Å². The van der Waals surface area contributed by atoms with E-state index in [9.17, 15) is 19.9 Å². The molecule has 2 aliphatic heterocycles. The number of nitrogens with one attached hydrogen (secondary N) is 1. The van der Waals surface area contributed by atoms with Gasteiger partial charge in [0, 0.05) is 47.9 Å². The van der Waals surface area contributed by atoms with E-state index in [1.165, 1.54) is 6.20 Å². The molecule has 2 atom stereocenters. The number of hydrogen-bond acceptors (Lipinski definition) is 12. The minimum absolute atomic E-state index is 0.133. The molecule has 0 bridgehead atoms. The van der Waals surface area contributed by atoms with Gasteiger partial charge in [0.15, 0.2) is 0 Å². The monoisotopic (exact) mass is 881 g/mol. The highest BCUT2D eigenvalue weighted by Gasteiger charge is 2.35. The van der Waals surface area contributed by atoms with Crippen LogP contribution < -0.4 is 10.2 Å². The molecule has 3 N–H and O–H groups in total. The number of alkyl halides is 1. The summed E-state index contributed by atoms with van der Waals surface area (Å²) in [5.41, 5.74) is 2.79. The number of nitriles is 2. The molecule has 0 spiro atoms. The van der Waals surface area contributed by atoms with E-state index in [1.807, 2.05) is 65.6 Å². The number of aromatic nitrogens is 6. The highest BCUT2D eigenvalue weighted by atomic mass is 35.5. The van der Waals surface area contributed by atoms with Crippen LogP contribution in [-0.4, -0.2) is 73.4 Å². The van der Waals surface area contributed by atoms with E-state index in [4.69, 9.17) is 41.4 Å². The van der Waals surface area contributed by atoms with E-state index in [2.05, 4.69) is 47.4 Å². The van der Waals surface area contributed by atoms with Crippen molar-refractivity contribution in [3.8, 4) is 12.1 Å². The Morgan fingerprint density at radius 3 is 1.54 bits per heavy atom. The van der Waals surface area contributed by atoms with Gasteiger partial charge in [-0.15, -0.1) is 0 Å². The zero-order valence-corrected chi connectivity index (χ0v) is 35.3. The third-order valence-corrected chi connectivity index (χ3v) is 10.9. The summed E-state index contributed by atoms with van der Waals surface area (Å²) in [4.78, 5) is 27.3. The average Bonchev–Trinajstić information content (AvgIpc) is 3.29. The van der Waals surface area contributed by atoms with E-state index in [-0.39, 0.29) is 5.28 Å². The van der Waals surface area contributed by atoms with Crippen LogP contribution in [0.1, 0.15) is 72.8 Å². The first-order valence-electron chi connectivity index (χ1n) is 19.9. The number of benzene rings is 2. The molecular weight excluding hydrogens is 838 g/mol. The van der Waals surface area contributed by atoms with Crippen molar-refractivity contribution in [2.75, 3.05) is 38.2 Å². The fourth-order valence-corrected chi connectivity index (χ4v) is 7.27. The summed E-state index contributed by atoms with van der Waals surface area (Å²) in [5, 5.41) is 44.9. The Bertz CT molecular complexity index is 2360. The van der Waals surface area contributed by atoms with Crippen LogP contribution in [0.4, 0.5) is 10.3 Å². The molecule has 6 aromatic rings. The lowest BCUT2D eigenvalue weighted by atomic mass is 9.84. The predicted octanol–water partition coefficient (Wildman–Crippen LogP) is 8.35. The van der Waals surface area contributed by atoms with Crippen LogP contribution in [0, 0.1) is 22.7 Å². The summed E-state index contributed by atoms with van der Waals surface area (Å²) in [7, 11) is -1.00. The lowest BCUT2D eigenvalue weighted by Gasteiger charge is -2.38. The van der Waals surface area contributed by atoms with E-state index < -0.39 is 30.2 Å². The third-order valence-electron chi connectivity index (χ3n) is 10.2. The van der Waals surface area contributed by atoms with Gasteiger partial charge >= 0.3 is 0 Å². The molecule has 0 saturated carbocycles. The first-order valence-corrected chi connectivity index (χ1v) is 20.4. The summed E-state index contributed by atoms with van der Waals surface area (Å²) in [6.07, 6.45) is 9.17.